The Balaban J connectivity index is 1.69. The lowest BCUT2D eigenvalue weighted by atomic mass is 10.1. The summed E-state index contributed by atoms with van der Waals surface area (Å²) in [4.78, 5) is 37.4. The third-order valence-corrected chi connectivity index (χ3v) is 3.96. The zero-order valence-electron chi connectivity index (χ0n) is 14.1. The summed E-state index contributed by atoms with van der Waals surface area (Å²) in [5, 5.41) is 11.6. The highest BCUT2D eigenvalue weighted by molar-refractivity contribution is 6.01. The Morgan fingerprint density at radius 3 is 2.31 bits per heavy atom. The molecule has 3 aromatic rings. The fraction of sp³-hybridized carbons (Fsp3) is 0.111. The molecule has 3 rings (SSSR count). The molecule has 0 spiro atoms. The number of amides is 2. The SMILES string of the molecule is Cc1cc(C)c2cc(C(=O)NNC(=O)c3ccc([N+](=O)[O-])cc3)[nH]c2c1. The van der Waals surface area contributed by atoms with E-state index in [1.54, 1.807) is 6.07 Å². The number of fused-ring (bicyclic) bond motifs is 1. The number of benzene rings is 2. The van der Waals surface area contributed by atoms with Gasteiger partial charge in [0.1, 0.15) is 5.69 Å². The molecule has 8 nitrogen and oxygen atoms in total. The molecule has 0 atom stereocenters. The van der Waals surface area contributed by atoms with Gasteiger partial charge in [-0.3, -0.25) is 30.6 Å². The Morgan fingerprint density at radius 2 is 1.65 bits per heavy atom. The van der Waals surface area contributed by atoms with Crippen molar-refractivity contribution in [3.05, 3.63) is 75.0 Å². The second kappa shape index (κ2) is 6.67. The van der Waals surface area contributed by atoms with Crippen LogP contribution in [-0.4, -0.2) is 21.7 Å². The molecule has 0 radical (unpaired) electrons. The number of hydrogen-bond donors (Lipinski definition) is 3. The van der Waals surface area contributed by atoms with Crippen LogP contribution in [0.4, 0.5) is 5.69 Å². The first-order chi connectivity index (χ1) is 12.3. The number of non-ortho nitro benzene ring substituents is 1. The van der Waals surface area contributed by atoms with Crippen LogP contribution in [0.1, 0.15) is 32.0 Å². The molecule has 1 heterocycles. The number of carbonyl (C=O) groups is 2. The first-order valence-electron chi connectivity index (χ1n) is 7.80. The van der Waals surface area contributed by atoms with Gasteiger partial charge in [-0.2, -0.15) is 0 Å². The average Bonchev–Trinajstić information content (AvgIpc) is 3.04. The van der Waals surface area contributed by atoms with E-state index >= 15 is 0 Å². The molecule has 3 N–H and O–H groups in total. The van der Waals surface area contributed by atoms with E-state index < -0.39 is 16.7 Å². The molecule has 132 valence electrons. The number of nitrogens with zero attached hydrogens (tertiary/aromatic N) is 1. The van der Waals surface area contributed by atoms with E-state index in [2.05, 4.69) is 15.8 Å². The van der Waals surface area contributed by atoms with Crippen molar-refractivity contribution in [2.45, 2.75) is 13.8 Å². The normalized spacial score (nSPS) is 10.5. The van der Waals surface area contributed by atoms with Crippen LogP contribution in [0.2, 0.25) is 0 Å². The monoisotopic (exact) mass is 352 g/mol. The van der Waals surface area contributed by atoms with Gasteiger partial charge < -0.3 is 4.98 Å². The third-order valence-electron chi connectivity index (χ3n) is 3.96. The Bertz CT molecular complexity index is 1020. The van der Waals surface area contributed by atoms with Gasteiger partial charge in [-0.05, 0) is 49.2 Å². The molecular formula is C18H16N4O4. The van der Waals surface area contributed by atoms with Gasteiger partial charge in [0, 0.05) is 28.6 Å². The highest BCUT2D eigenvalue weighted by atomic mass is 16.6. The summed E-state index contributed by atoms with van der Waals surface area (Å²) in [6.45, 7) is 3.93. The van der Waals surface area contributed by atoms with E-state index in [4.69, 9.17) is 0 Å². The summed E-state index contributed by atoms with van der Waals surface area (Å²) < 4.78 is 0. The second-order valence-corrected chi connectivity index (χ2v) is 5.94. The summed E-state index contributed by atoms with van der Waals surface area (Å²) in [5.74, 6) is -1.06. The standard InChI is InChI=1S/C18H16N4O4/c1-10-7-11(2)14-9-16(19-15(14)8-10)18(24)21-20-17(23)12-3-5-13(6-4-12)22(25)26/h3-9,19H,1-2H3,(H,20,23)(H,21,24). The molecule has 1 aromatic heterocycles. The van der Waals surface area contributed by atoms with Crippen LogP contribution in [0.5, 0.6) is 0 Å². The first kappa shape index (κ1) is 17.2. The Hall–Kier alpha value is -3.68. The minimum Gasteiger partial charge on any atom is -0.350 e. The molecule has 0 aliphatic heterocycles. The van der Waals surface area contributed by atoms with Crippen molar-refractivity contribution in [1.82, 2.24) is 15.8 Å². The molecule has 0 saturated heterocycles. The van der Waals surface area contributed by atoms with E-state index in [1.807, 2.05) is 26.0 Å². The van der Waals surface area contributed by atoms with Crippen molar-refractivity contribution in [2.24, 2.45) is 0 Å². The van der Waals surface area contributed by atoms with Gasteiger partial charge in [-0.1, -0.05) is 6.07 Å². The van der Waals surface area contributed by atoms with Crippen molar-refractivity contribution >= 4 is 28.4 Å². The third kappa shape index (κ3) is 3.39. The second-order valence-electron chi connectivity index (χ2n) is 5.94. The molecule has 2 amide bonds. The van der Waals surface area contributed by atoms with Crippen molar-refractivity contribution < 1.29 is 14.5 Å². The van der Waals surface area contributed by atoms with Crippen molar-refractivity contribution in [3.8, 4) is 0 Å². The summed E-state index contributed by atoms with van der Waals surface area (Å²) in [5.41, 5.74) is 7.98. The molecule has 0 unspecified atom stereocenters. The molecule has 26 heavy (non-hydrogen) atoms. The molecule has 2 aromatic carbocycles. The largest absolute Gasteiger partial charge is 0.350 e. The van der Waals surface area contributed by atoms with Crippen LogP contribution < -0.4 is 10.9 Å². The van der Waals surface area contributed by atoms with Gasteiger partial charge in [-0.25, -0.2) is 0 Å². The van der Waals surface area contributed by atoms with Crippen molar-refractivity contribution in [2.75, 3.05) is 0 Å². The minimum absolute atomic E-state index is 0.116. The van der Waals surface area contributed by atoms with Gasteiger partial charge in [0.25, 0.3) is 17.5 Å². The van der Waals surface area contributed by atoms with Crippen LogP contribution in [0.15, 0.2) is 42.5 Å². The zero-order chi connectivity index (χ0) is 18.8. The number of rotatable bonds is 3. The smallest absolute Gasteiger partial charge is 0.286 e. The van der Waals surface area contributed by atoms with Crippen LogP contribution in [-0.2, 0) is 0 Å². The number of H-pyrrole nitrogens is 1. The number of nitro groups is 1. The van der Waals surface area contributed by atoms with Gasteiger partial charge in [0.15, 0.2) is 0 Å². The fourth-order valence-electron chi connectivity index (χ4n) is 2.71. The lowest BCUT2D eigenvalue weighted by Crippen LogP contribution is -2.41. The van der Waals surface area contributed by atoms with E-state index in [9.17, 15) is 19.7 Å². The number of aromatic nitrogens is 1. The summed E-state index contributed by atoms with van der Waals surface area (Å²) in [6.07, 6.45) is 0. The van der Waals surface area contributed by atoms with Gasteiger partial charge >= 0.3 is 0 Å². The van der Waals surface area contributed by atoms with Gasteiger partial charge in [0.2, 0.25) is 0 Å². The quantitative estimate of drug-likeness (QED) is 0.496. The minimum atomic E-state index is -0.573. The maximum Gasteiger partial charge on any atom is 0.286 e. The van der Waals surface area contributed by atoms with Crippen molar-refractivity contribution in [1.29, 1.82) is 0 Å². The number of aromatic amines is 1. The average molecular weight is 352 g/mol. The number of hydrogen-bond acceptors (Lipinski definition) is 4. The van der Waals surface area contributed by atoms with E-state index in [1.165, 1.54) is 24.3 Å². The molecule has 0 saturated carbocycles. The molecule has 8 heteroatoms. The number of nitro benzene ring substituents is 1. The number of carbonyl (C=O) groups excluding carboxylic acids is 2. The van der Waals surface area contributed by atoms with E-state index in [-0.39, 0.29) is 11.3 Å². The van der Waals surface area contributed by atoms with Crippen LogP contribution >= 0.6 is 0 Å². The summed E-state index contributed by atoms with van der Waals surface area (Å²) in [6, 6.07) is 10.8. The van der Waals surface area contributed by atoms with Gasteiger partial charge in [0.05, 0.1) is 4.92 Å². The first-order valence-corrected chi connectivity index (χ1v) is 7.80. The summed E-state index contributed by atoms with van der Waals surface area (Å²) in [7, 11) is 0. The molecule has 0 fully saturated rings. The lowest BCUT2D eigenvalue weighted by molar-refractivity contribution is -0.384. The Kier molecular flexibility index (Phi) is 4.40. The number of hydrazine groups is 1. The molecule has 0 aliphatic carbocycles. The number of aryl methyl sites for hydroxylation is 2. The molecular weight excluding hydrogens is 336 g/mol. The maximum absolute atomic E-state index is 12.2. The fourth-order valence-corrected chi connectivity index (χ4v) is 2.71. The Morgan fingerprint density at radius 1 is 1.00 bits per heavy atom. The van der Waals surface area contributed by atoms with Crippen LogP contribution in [0.3, 0.4) is 0 Å². The molecule has 0 aliphatic rings. The highest BCUT2D eigenvalue weighted by Crippen LogP contribution is 2.21. The van der Waals surface area contributed by atoms with Crippen LogP contribution in [0, 0.1) is 24.0 Å². The highest BCUT2D eigenvalue weighted by Gasteiger charge is 2.13. The lowest BCUT2D eigenvalue weighted by Gasteiger charge is -2.06. The zero-order valence-corrected chi connectivity index (χ0v) is 14.1. The number of nitrogens with one attached hydrogen (secondary N) is 3. The summed E-state index contributed by atoms with van der Waals surface area (Å²) >= 11 is 0. The van der Waals surface area contributed by atoms with Crippen molar-refractivity contribution in [3.63, 3.8) is 0 Å². The maximum atomic E-state index is 12.2. The van der Waals surface area contributed by atoms with Crippen LogP contribution in [0.25, 0.3) is 10.9 Å². The Labute approximate surface area is 148 Å². The van der Waals surface area contributed by atoms with E-state index in [0.717, 1.165) is 22.0 Å². The van der Waals surface area contributed by atoms with Gasteiger partial charge in [-0.15, -0.1) is 0 Å². The predicted octanol–water partition coefficient (Wildman–Crippen LogP) is 2.77. The van der Waals surface area contributed by atoms with E-state index in [0.29, 0.717) is 5.69 Å². The predicted molar refractivity (Wildman–Crippen MR) is 95.8 cm³/mol. The topological polar surface area (TPSA) is 117 Å². The molecule has 0 bridgehead atoms.